The number of aliphatic hydroxyl groups excluding tert-OH is 1. The van der Waals surface area contributed by atoms with Gasteiger partial charge in [-0.3, -0.25) is 0 Å². The summed E-state index contributed by atoms with van der Waals surface area (Å²) in [5.74, 6) is 0.855. The Morgan fingerprint density at radius 3 is 2.59 bits per heavy atom. The monoisotopic (exact) mass is 324 g/mol. The molecule has 4 heteroatoms. The van der Waals surface area contributed by atoms with Crippen molar-refractivity contribution in [3.8, 4) is 0 Å². The van der Waals surface area contributed by atoms with Crippen molar-refractivity contribution in [3.63, 3.8) is 0 Å². The van der Waals surface area contributed by atoms with Crippen LogP contribution < -0.4 is 0 Å². The van der Waals surface area contributed by atoms with Crippen LogP contribution in [0.15, 0.2) is 24.3 Å². The number of piperidine rings is 1. The summed E-state index contributed by atoms with van der Waals surface area (Å²) in [6.45, 7) is 4.06. The van der Waals surface area contributed by atoms with Gasteiger partial charge in [-0.2, -0.15) is 0 Å². The molecule has 1 unspecified atom stereocenters. The largest absolute Gasteiger partial charge is 0.387 e. The average molecular weight is 325 g/mol. The summed E-state index contributed by atoms with van der Waals surface area (Å²) in [5, 5.41) is 11.1. The molecule has 1 N–H and O–H groups in total. The summed E-state index contributed by atoms with van der Waals surface area (Å²) in [7, 11) is 4.28. The van der Waals surface area contributed by atoms with E-state index in [1.54, 1.807) is 0 Å². The Labute approximate surface area is 139 Å². The fourth-order valence-electron chi connectivity index (χ4n) is 3.24. The molecule has 0 aliphatic carbocycles. The smallest absolute Gasteiger partial charge is 0.0931 e. The van der Waals surface area contributed by atoms with Crippen LogP contribution in [0.25, 0.3) is 0 Å². The first-order valence-electron chi connectivity index (χ1n) is 8.36. The van der Waals surface area contributed by atoms with E-state index >= 15 is 0 Å². The minimum absolute atomic E-state index is 0.487. The van der Waals surface area contributed by atoms with Crippen molar-refractivity contribution in [2.45, 2.75) is 31.8 Å². The highest BCUT2D eigenvalue weighted by Gasteiger charge is 2.22. The molecule has 1 heterocycles. The Kier molecular flexibility index (Phi) is 7.16. The van der Waals surface area contributed by atoms with Crippen LogP contribution in [-0.2, 0) is 0 Å². The molecule has 0 radical (unpaired) electrons. The van der Waals surface area contributed by atoms with E-state index in [4.69, 9.17) is 11.6 Å². The number of hydrogen-bond acceptors (Lipinski definition) is 3. The number of hydrogen-bond donors (Lipinski definition) is 1. The van der Waals surface area contributed by atoms with Gasteiger partial charge in [0.1, 0.15) is 0 Å². The predicted octanol–water partition coefficient (Wildman–Crippen LogP) is 3.43. The molecule has 0 aromatic heterocycles. The van der Waals surface area contributed by atoms with Crippen LogP contribution in [0.4, 0.5) is 0 Å². The van der Waals surface area contributed by atoms with Crippen LogP contribution in [0.2, 0.25) is 5.02 Å². The van der Waals surface area contributed by atoms with Crippen molar-refractivity contribution in [2.24, 2.45) is 5.92 Å². The highest BCUT2D eigenvalue weighted by molar-refractivity contribution is 6.31. The Hall–Kier alpha value is -0.610. The van der Waals surface area contributed by atoms with Gasteiger partial charge in [0.25, 0.3) is 0 Å². The van der Waals surface area contributed by atoms with Crippen molar-refractivity contribution < 1.29 is 5.11 Å². The summed E-state index contributed by atoms with van der Waals surface area (Å²) in [6, 6.07) is 7.59. The molecule has 22 heavy (non-hydrogen) atoms. The number of β-amino-alcohol motifs (C(OH)–C–C–N with tert-alkyl or cyclic N) is 1. The van der Waals surface area contributed by atoms with Gasteiger partial charge in [-0.15, -0.1) is 0 Å². The quantitative estimate of drug-likeness (QED) is 0.832. The van der Waals surface area contributed by atoms with Crippen molar-refractivity contribution >= 4 is 11.6 Å². The molecule has 2 rings (SSSR count). The number of halogens is 1. The van der Waals surface area contributed by atoms with Crippen LogP contribution in [0, 0.1) is 5.92 Å². The minimum atomic E-state index is -0.487. The molecule has 0 amide bonds. The summed E-state index contributed by atoms with van der Waals surface area (Å²) < 4.78 is 0. The second-order valence-corrected chi connectivity index (χ2v) is 7.13. The van der Waals surface area contributed by atoms with Crippen LogP contribution in [0.5, 0.6) is 0 Å². The fourth-order valence-corrected chi connectivity index (χ4v) is 3.50. The van der Waals surface area contributed by atoms with E-state index in [1.807, 2.05) is 24.3 Å². The van der Waals surface area contributed by atoms with Gasteiger partial charge < -0.3 is 14.9 Å². The molecule has 124 valence electrons. The lowest BCUT2D eigenvalue weighted by molar-refractivity contribution is 0.0874. The van der Waals surface area contributed by atoms with Gasteiger partial charge >= 0.3 is 0 Å². The zero-order chi connectivity index (χ0) is 15.9. The summed E-state index contributed by atoms with van der Waals surface area (Å²) in [6.07, 6.45) is 4.64. The van der Waals surface area contributed by atoms with Crippen molar-refractivity contribution in [3.05, 3.63) is 34.9 Å². The van der Waals surface area contributed by atoms with E-state index in [1.165, 1.54) is 32.2 Å². The summed E-state index contributed by atoms with van der Waals surface area (Å²) in [5.41, 5.74) is 0.845. The first kappa shape index (κ1) is 17.7. The van der Waals surface area contributed by atoms with Gasteiger partial charge in [-0.1, -0.05) is 29.8 Å². The maximum Gasteiger partial charge on any atom is 0.0931 e. The molecule has 1 atom stereocenters. The van der Waals surface area contributed by atoms with Gasteiger partial charge in [0.15, 0.2) is 0 Å². The van der Waals surface area contributed by atoms with Crippen LogP contribution in [0.1, 0.15) is 37.4 Å². The number of aliphatic hydroxyl groups is 1. The third-order valence-electron chi connectivity index (χ3n) is 4.62. The fraction of sp³-hybridized carbons (Fsp3) is 0.667. The van der Waals surface area contributed by atoms with E-state index in [-0.39, 0.29) is 0 Å². The van der Waals surface area contributed by atoms with Crippen molar-refractivity contribution in [1.29, 1.82) is 0 Å². The van der Waals surface area contributed by atoms with Crippen molar-refractivity contribution in [1.82, 2.24) is 9.80 Å². The molecule has 1 fully saturated rings. The van der Waals surface area contributed by atoms with Gasteiger partial charge in [-0.05, 0) is 71.4 Å². The lowest BCUT2D eigenvalue weighted by atomic mass is 9.92. The van der Waals surface area contributed by atoms with E-state index in [9.17, 15) is 5.11 Å². The normalized spacial score (nSPS) is 18.8. The van der Waals surface area contributed by atoms with Crippen LogP contribution >= 0.6 is 11.6 Å². The molecule has 3 nitrogen and oxygen atoms in total. The summed E-state index contributed by atoms with van der Waals surface area (Å²) in [4.78, 5) is 4.63. The Bertz CT molecular complexity index is 444. The zero-order valence-corrected chi connectivity index (χ0v) is 14.6. The van der Waals surface area contributed by atoms with Gasteiger partial charge in [0, 0.05) is 17.1 Å². The predicted molar refractivity (Wildman–Crippen MR) is 93.4 cm³/mol. The van der Waals surface area contributed by atoms with Gasteiger partial charge in [-0.25, -0.2) is 0 Å². The number of nitrogens with zero attached hydrogens (tertiary/aromatic N) is 2. The number of rotatable bonds is 7. The standard InChI is InChI=1S/C18H29ClN2O/c1-20(2)11-5-6-15-9-12-21(13-10-15)14-18(22)16-7-3-4-8-17(16)19/h3-4,7-8,15,18,22H,5-6,9-14H2,1-2H3. The zero-order valence-electron chi connectivity index (χ0n) is 13.8. The Morgan fingerprint density at radius 1 is 1.27 bits per heavy atom. The maximum absolute atomic E-state index is 10.4. The molecule has 1 saturated heterocycles. The Balaban J connectivity index is 1.72. The third-order valence-corrected chi connectivity index (χ3v) is 4.96. The van der Waals surface area contributed by atoms with Crippen LogP contribution in [-0.4, -0.2) is 55.2 Å². The average Bonchev–Trinajstić information content (AvgIpc) is 2.49. The number of benzene rings is 1. The molecule has 1 aliphatic rings. The highest BCUT2D eigenvalue weighted by Crippen LogP contribution is 2.26. The molecule has 1 aliphatic heterocycles. The highest BCUT2D eigenvalue weighted by atomic mass is 35.5. The van der Waals surface area contributed by atoms with E-state index in [0.29, 0.717) is 11.6 Å². The molecule has 1 aromatic rings. The second kappa shape index (κ2) is 8.88. The van der Waals surface area contributed by atoms with Gasteiger partial charge in [0.2, 0.25) is 0 Å². The SMILES string of the molecule is CN(C)CCCC1CCN(CC(O)c2ccccc2Cl)CC1. The van der Waals surface area contributed by atoms with E-state index < -0.39 is 6.10 Å². The minimum Gasteiger partial charge on any atom is -0.387 e. The molecule has 1 aromatic carbocycles. The van der Waals surface area contributed by atoms with Crippen molar-refractivity contribution in [2.75, 3.05) is 40.3 Å². The number of likely N-dealkylation sites (tertiary alicyclic amines) is 1. The third kappa shape index (κ3) is 5.54. The molecular weight excluding hydrogens is 296 g/mol. The topological polar surface area (TPSA) is 26.7 Å². The second-order valence-electron chi connectivity index (χ2n) is 6.73. The molecule has 0 bridgehead atoms. The maximum atomic E-state index is 10.4. The first-order valence-corrected chi connectivity index (χ1v) is 8.73. The van der Waals surface area contributed by atoms with E-state index in [0.717, 1.165) is 24.6 Å². The van der Waals surface area contributed by atoms with Crippen LogP contribution in [0.3, 0.4) is 0 Å². The first-order chi connectivity index (χ1) is 10.6. The molecule has 0 saturated carbocycles. The lowest BCUT2D eigenvalue weighted by Crippen LogP contribution is -2.36. The van der Waals surface area contributed by atoms with E-state index in [2.05, 4.69) is 23.9 Å². The summed E-state index contributed by atoms with van der Waals surface area (Å²) >= 11 is 6.16. The van der Waals surface area contributed by atoms with Gasteiger partial charge in [0.05, 0.1) is 6.10 Å². The lowest BCUT2D eigenvalue weighted by Gasteiger charge is -2.33. The molecular formula is C18H29ClN2O. The molecule has 0 spiro atoms. The Morgan fingerprint density at radius 2 is 1.95 bits per heavy atom.